The molecule has 0 aliphatic carbocycles. The van der Waals surface area contributed by atoms with E-state index in [4.69, 9.17) is 0 Å². The standard InChI is InChI=1S/C20H21N5OS/c1-12-6-13(2)8-15(7-12)25(3)20(26)22-14-4-5-16-17(9-14)24-19(23-16)18-10-27-11-21-18/h4-11,19,23-24H,1-3H3,(H,22,26). The van der Waals surface area contributed by atoms with Crippen LogP contribution in [0, 0.1) is 13.8 Å². The number of benzene rings is 2. The van der Waals surface area contributed by atoms with Crippen LogP contribution in [0.15, 0.2) is 47.3 Å². The molecule has 2 amide bonds. The Kier molecular flexibility index (Phi) is 4.45. The molecule has 1 unspecified atom stereocenters. The number of thiazole rings is 1. The Morgan fingerprint density at radius 3 is 2.56 bits per heavy atom. The normalized spacial score (nSPS) is 14.9. The molecule has 1 aliphatic rings. The number of anilines is 4. The number of carbonyl (C=O) groups is 1. The van der Waals surface area contributed by atoms with E-state index in [1.807, 2.05) is 55.1 Å². The number of rotatable bonds is 3. The van der Waals surface area contributed by atoms with Gasteiger partial charge in [-0.15, -0.1) is 11.3 Å². The fourth-order valence-electron chi connectivity index (χ4n) is 3.20. The first-order valence-corrected chi connectivity index (χ1v) is 9.62. The molecule has 0 saturated heterocycles. The molecule has 2 heterocycles. The maximum Gasteiger partial charge on any atom is 0.326 e. The van der Waals surface area contributed by atoms with Crippen LogP contribution in [0.2, 0.25) is 0 Å². The molecule has 7 heteroatoms. The Bertz CT molecular complexity index is 966. The lowest BCUT2D eigenvalue weighted by Crippen LogP contribution is -2.31. The van der Waals surface area contributed by atoms with Crippen LogP contribution >= 0.6 is 11.3 Å². The lowest BCUT2D eigenvalue weighted by atomic mass is 10.1. The predicted octanol–water partition coefficient (Wildman–Crippen LogP) is 4.96. The second kappa shape index (κ2) is 6.92. The van der Waals surface area contributed by atoms with Crippen molar-refractivity contribution in [3.05, 3.63) is 64.1 Å². The van der Waals surface area contributed by atoms with E-state index in [9.17, 15) is 4.79 Å². The van der Waals surface area contributed by atoms with Crippen LogP contribution in [0.3, 0.4) is 0 Å². The van der Waals surface area contributed by atoms with Gasteiger partial charge in [0.05, 0.1) is 22.6 Å². The van der Waals surface area contributed by atoms with Gasteiger partial charge in [-0.1, -0.05) is 6.07 Å². The highest BCUT2D eigenvalue weighted by Gasteiger charge is 2.23. The summed E-state index contributed by atoms with van der Waals surface area (Å²) in [6.07, 6.45) is -0.0462. The molecule has 0 fully saturated rings. The van der Waals surface area contributed by atoms with Crippen LogP contribution in [-0.2, 0) is 0 Å². The Hall–Kier alpha value is -3.06. The van der Waals surface area contributed by atoms with Gasteiger partial charge < -0.3 is 16.0 Å². The highest BCUT2D eigenvalue weighted by atomic mass is 32.1. The maximum atomic E-state index is 12.7. The summed E-state index contributed by atoms with van der Waals surface area (Å²) in [4.78, 5) is 18.6. The van der Waals surface area contributed by atoms with E-state index >= 15 is 0 Å². The minimum atomic E-state index is -0.179. The highest BCUT2D eigenvalue weighted by Crippen LogP contribution is 2.36. The van der Waals surface area contributed by atoms with Crippen LogP contribution in [0.1, 0.15) is 23.0 Å². The Morgan fingerprint density at radius 1 is 1.11 bits per heavy atom. The van der Waals surface area contributed by atoms with E-state index in [-0.39, 0.29) is 12.2 Å². The zero-order chi connectivity index (χ0) is 19.0. The minimum absolute atomic E-state index is 0.0462. The second-order valence-electron chi connectivity index (χ2n) is 6.73. The van der Waals surface area contributed by atoms with Crippen LogP contribution in [-0.4, -0.2) is 18.1 Å². The monoisotopic (exact) mass is 379 g/mol. The van der Waals surface area contributed by atoms with Crippen molar-refractivity contribution >= 4 is 40.1 Å². The van der Waals surface area contributed by atoms with Gasteiger partial charge in [0.1, 0.15) is 6.17 Å². The number of hydrogen-bond donors (Lipinski definition) is 3. The number of amides is 2. The molecule has 0 radical (unpaired) electrons. The summed E-state index contributed by atoms with van der Waals surface area (Å²) in [5, 5.41) is 11.8. The average Bonchev–Trinajstić information content (AvgIpc) is 3.29. The zero-order valence-corrected chi connectivity index (χ0v) is 16.2. The first kappa shape index (κ1) is 17.4. The lowest BCUT2D eigenvalue weighted by molar-refractivity contribution is 0.258. The van der Waals surface area contributed by atoms with Crippen LogP contribution < -0.4 is 20.9 Å². The fraction of sp³-hybridized carbons (Fsp3) is 0.200. The van der Waals surface area contributed by atoms with Gasteiger partial charge in [0.15, 0.2) is 0 Å². The van der Waals surface area contributed by atoms with E-state index in [1.54, 1.807) is 23.3 Å². The molecule has 1 aliphatic heterocycles. The molecular weight excluding hydrogens is 358 g/mol. The third-order valence-electron chi connectivity index (χ3n) is 4.52. The number of nitrogens with one attached hydrogen (secondary N) is 3. The average molecular weight is 379 g/mol. The molecule has 138 valence electrons. The molecule has 1 atom stereocenters. The van der Waals surface area contributed by atoms with E-state index in [0.717, 1.165) is 39.6 Å². The first-order valence-electron chi connectivity index (χ1n) is 8.68. The number of carbonyl (C=O) groups excluding carboxylic acids is 1. The Morgan fingerprint density at radius 2 is 1.85 bits per heavy atom. The van der Waals surface area contributed by atoms with Crippen LogP contribution in [0.4, 0.5) is 27.5 Å². The molecule has 3 N–H and O–H groups in total. The van der Waals surface area contributed by atoms with Gasteiger partial charge in [0.2, 0.25) is 0 Å². The van der Waals surface area contributed by atoms with Crippen molar-refractivity contribution in [3.63, 3.8) is 0 Å². The van der Waals surface area contributed by atoms with E-state index < -0.39 is 0 Å². The first-order chi connectivity index (χ1) is 13.0. The number of urea groups is 1. The molecule has 1 aromatic heterocycles. The quantitative estimate of drug-likeness (QED) is 0.601. The molecule has 0 spiro atoms. The van der Waals surface area contributed by atoms with Crippen molar-refractivity contribution in [3.8, 4) is 0 Å². The lowest BCUT2D eigenvalue weighted by Gasteiger charge is -2.19. The molecule has 2 aromatic carbocycles. The van der Waals surface area contributed by atoms with Crippen molar-refractivity contribution in [2.75, 3.05) is 27.9 Å². The maximum absolute atomic E-state index is 12.7. The van der Waals surface area contributed by atoms with Crippen molar-refractivity contribution < 1.29 is 4.79 Å². The van der Waals surface area contributed by atoms with E-state index in [0.29, 0.717) is 0 Å². The van der Waals surface area contributed by atoms with Gasteiger partial charge in [0.25, 0.3) is 0 Å². The van der Waals surface area contributed by atoms with E-state index in [1.165, 1.54) is 0 Å². The van der Waals surface area contributed by atoms with Crippen molar-refractivity contribution in [1.82, 2.24) is 4.98 Å². The molecule has 27 heavy (non-hydrogen) atoms. The van der Waals surface area contributed by atoms with Gasteiger partial charge in [-0.25, -0.2) is 9.78 Å². The third kappa shape index (κ3) is 3.59. The number of hydrogen-bond acceptors (Lipinski definition) is 5. The number of aromatic nitrogens is 1. The number of fused-ring (bicyclic) bond motifs is 1. The molecule has 3 aromatic rings. The predicted molar refractivity (Wildman–Crippen MR) is 112 cm³/mol. The summed E-state index contributed by atoms with van der Waals surface area (Å²) in [6, 6.07) is 11.7. The summed E-state index contributed by atoms with van der Waals surface area (Å²) >= 11 is 1.57. The largest absolute Gasteiger partial charge is 0.359 e. The summed E-state index contributed by atoms with van der Waals surface area (Å²) < 4.78 is 0. The van der Waals surface area contributed by atoms with Gasteiger partial charge in [-0.05, 0) is 55.3 Å². The SMILES string of the molecule is Cc1cc(C)cc(N(C)C(=O)Nc2ccc3c(c2)NC(c2cscn2)N3)c1. The van der Waals surface area contributed by atoms with Gasteiger partial charge in [0, 0.05) is 23.8 Å². The molecule has 0 bridgehead atoms. The summed E-state index contributed by atoms with van der Waals surface area (Å²) in [6.45, 7) is 4.06. The highest BCUT2D eigenvalue weighted by molar-refractivity contribution is 7.07. The van der Waals surface area contributed by atoms with Crippen molar-refractivity contribution in [2.24, 2.45) is 0 Å². The number of aryl methyl sites for hydroxylation is 2. The fourth-order valence-corrected chi connectivity index (χ4v) is 3.78. The van der Waals surface area contributed by atoms with Gasteiger partial charge >= 0.3 is 6.03 Å². The Balaban J connectivity index is 1.48. The molecule has 4 rings (SSSR count). The second-order valence-corrected chi connectivity index (χ2v) is 7.45. The smallest absolute Gasteiger partial charge is 0.326 e. The molecule has 6 nitrogen and oxygen atoms in total. The summed E-state index contributed by atoms with van der Waals surface area (Å²) in [7, 11) is 1.77. The van der Waals surface area contributed by atoms with Gasteiger partial charge in [-0.3, -0.25) is 4.90 Å². The summed E-state index contributed by atoms with van der Waals surface area (Å²) in [5.74, 6) is 0. The zero-order valence-electron chi connectivity index (χ0n) is 15.4. The minimum Gasteiger partial charge on any atom is -0.359 e. The third-order valence-corrected chi connectivity index (χ3v) is 5.12. The summed E-state index contributed by atoms with van der Waals surface area (Å²) in [5.41, 5.74) is 8.58. The van der Waals surface area contributed by atoms with E-state index in [2.05, 4.69) is 27.0 Å². The molecular formula is C20H21N5OS. The molecule has 0 saturated carbocycles. The van der Waals surface area contributed by atoms with Gasteiger partial charge in [-0.2, -0.15) is 0 Å². The Labute approximate surface area is 162 Å². The van der Waals surface area contributed by atoms with Crippen LogP contribution in [0.5, 0.6) is 0 Å². The topological polar surface area (TPSA) is 69.3 Å². The van der Waals surface area contributed by atoms with Crippen molar-refractivity contribution in [1.29, 1.82) is 0 Å². The van der Waals surface area contributed by atoms with Crippen LogP contribution in [0.25, 0.3) is 0 Å². The number of nitrogens with zero attached hydrogens (tertiary/aromatic N) is 2. The van der Waals surface area contributed by atoms with Crippen molar-refractivity contribution in [2.45, 2.75) is 20.0 Å².